The molecule has 2 fully saturated rings. The fraction of sp³-hybridized carbons (Fsp3) is 0.682. The molecule has 1 unspecified atom stereocenters. The van der Waals surface area contributed by atoms with Gasteiger partial charge >= 0.3 is 0 Å². The van der Waals surface area contributed by atoms with Gasteiger partial charge in [-0.1, -0.05) is 18.2 Å². The minimum absolute atomic E-state index is 0. The zero-order valence-electron chi connectivity index (χ0n) is 19.2. The highest BCUT2D eigenvalue weighted by atomic mass is 127. The van der Waals surface area contributed by atoms with Gasteiger partial charge in [0.15, 0.2) is 15.8 Å². The largest absolute Gasteiger partial charge is 0.369 e. The Bertz CT molecular complexity index is 824. The van der Waals surface area contributed by atoms with Gasteiger partial charge in [-0.25, -0.2) is 8.42 Å². The number of anilines is 1. The van der Waals surface area contributed by atoms with E-state index >= 15 is 0 Å². The van der Waals surface area contributed by atoms with E-state index in [9.17, 15) is 8.42 Å². The van der Waals surface area contributed by atoms with Gasteiger partial charge in [0.2, 0.25) is 0 Å². The first kappa shape index (κ1) is 26.2. The van der Waals surface area contributed by atoms with Crippen molar-refractivity contribution in [3.05, 3.63) is 30.3 Å². The van der Waals surface area contributed by atoms with Crippen LogP contribution < -0.4 is 10.2 Å². The van der Waals surface area contributed by atoms with Gasteiger partial charge in [0.25, 0.3) is 0 Å². The smallest absolute Gasteiger partial charge is 0.194 e. The fourth-order valence-corrected chi connectivity index (χ4v) is 5.51. The van der Waals surface area contributed by atoms with Crippen LogP contribution in [0.4, 0.5) is 5.69 Å². The third-order valence-electron chi connectivity index (χ3n) is 6.24. The van der Waals surface area contributed by atoms with E-state index in [0.29, 0.717) is 25.7 Å². The lowest BCUT2D eigenvalue weighted by Gasteiger charge is -2.40. The number of piperazine rings is 1. The van der Waals surface area contributed by atoms with Crippen LogP contribution in [-0.2, 0) is 9.84 Å². The number of rotatable bonds is 5. The Morgan fingerprint density at radius 3 is 2.35 bits per heavy atom. The second-order valence-corrected chi connectivity index (χ2v) is 11.6. The maximum absolute atomic E-state index is 12.3. The Balaban J connectivity index is 0.00000341. The van der Waals surface area contributed by atoms with E-state index < -0.39 is 14.6 Å². The Hall–Kier alpha value is -1.07. The number of halogens is 1. The number of benzene rings is 1. The summed E-state index contributed by atoms with van der Waals surface area (Å²) in [6.45, 7) is 14.5. The monoisotopic (exact) mass is 563 g/mol. The summed E-state index contributed by atoms with van der Waals surface area (Å²) in [6, 6.07) is 10.9. The second-order valence-electron chi connectivity index (χ2n) is 8.90. The van der Waals surface area contributed by atoms with Gasteiger partial charge in [-0.05, 0) is 39.8 Å². The number of hydrogen-bond donors (Lipinski definition) is 1. The van der Waals surface area contributed by atoms with Crippen LogP contribution in [0.3, 0.4) is 0 Å². The normalized spacial score (nSPS) is 22.5. The van der Waals surface area contributed by atoms with Gasteiger partial charge in [0.1, 0.15) is 0 Å². The van der Waals surface area contributed by atoms with Crippen molar-refractivity contribution in [3.8, 4) is 0 Å². The Morgan fingerprint density at radius 2 is 1.77 bits per heavy atom. The first-order chi connectivity index (χ1) is 14.2. The van der Waals surface area contributed by atoms with Gasteiger partial charge in [-0.2, -0.15) is 0 Å². The highest BCUT2D eigenvalue weighted by Crippen LogP contribution is 2.24. The molecule has 2 saturated heterocycles. The molecule has 0 saturated carbocycles. The van der Waals surface area contributed by atoms with Crippen molar-refractivity contribution in [1.82, 2.24) is 15.1 Å². The van der Waals surface area contributed by atoms with Gasteiger partial charge < -0.3 is 15.1 Å². The van der Waals surface area contributed by atoms with Crippen LogP contribution in [0, 0.1) is 0 Å². The number of nitrogens with one attached hydrogen (secondary N) is 1. The molecule has 31 heavy (non-hydrogen) atoms. The lowest BCUT2D eigenvalue weighted by atomic mass is 10.2. The summed E-state index contributed by atoms with van der Waals surface area (Å²) in [5, 5.41) is 3.36. The average molecular weight is 564 g/mol. The third-order valence-corrected chi connectivity index (χ3v) is 8.78. The molecule has 0 spiro atoms. The van der Waals surface area contributed by atoms with Gasteiger partial charge in [-0.3, -0.25) is 9.89 Å². The van der Waals surface area contributed by atoms with Crippen LogP contribution in [0.2, 0.25) is 0 Å². The van der Waals surface area contributed by atoms with Crippen molar-refractivity contribution in [3.63, 3.8) is 0 Å². The molecular weight excluding hydrogens is 525 g/mol. The summed E-state index contributed by atoms with van der Waals surface area (Å²) < 4.78 is 23.9. The van der Waals surface area contributed by atoms with E-state index in [1.165, 1.54) is 5.69 Å². The van der Waals surface area contributed by atoms with E-state index in [0.717, 1.165) is 38.7 Å². The van der Waals surface area contributed by atoms with E-state index in [2.05, 4.69) is 57.3 Å². The van der Waals surface area contributed by atoms with Crippen LogP contribution in [0.25, 0.3) is 0 Å². The number of sulfone groups is 1. The minimum Gasteiger partial charge on any atom is -0.369 e. The Kier molecular flexibility index (Phi) is 9.44. The lowest BCUT2D eigenvalue weighted by Crippen LogP contribution is -2.57. The molecule has 2 aliphatic heterocycles. The number of aliphatic imine (C=N–C) groups is 1. The maximum Gasteiger partial charge on any atom is 0.194 e. The van der Waals surface area contributed by atoms with Crippen LogP contribution in [0.15, 0.2) is 35.3 Å². The first-order valence-electron chi connectivity index (χ1n) is 11.0. The van der Waals surface area contributed by atoms with Gasteiger partial charge in [0.05, 0.1) is 17.0 Å². The minimum atomic E-state index is -3.06. The molecule has 0 amide bonds. The molecule has 1 atom stereocenters. The van der Waals surface area contributed by atoms with Crippen molar-refractivity contribution < 1.29 is 8.42 Å². The van der Waals surface area contributed by atoms with Crippen LogP contribution >= 0.6 is 24.0 Å². The second kappa shape index (κ2) is 11.2. The van der Waals surface area contributed by atoms with Crippen LogP contribution in [-0.4, -0.2) is 93.1 Å². The van der Waals surface area contributed by atoms with Crippen LogP contribution in [0.5, 0.6) is 0 Å². The van der Waals surface area contributed by atoms with E-state index in [4.69, 9.17) is 4.99 Å². The Labute approximate surface area is 205 Å². The number of hydrogen-bond acceptors (Lipinski definition) is 5. The lowest BCUT2D eigenvalue weighted by molar-refractivity contribution is 0.201. The fourth-order valence-electron chi connectivity index (χ4n) is 4.14. The standard InChI is InChI=1S/C22H37N5O2S.HI/c1-5-23-21(27-15-16-30(28,29)22(3,4)18-27)24-17-19(2)25-11-13-26(14-12-25)20-9-7-6-8-10-20;/h6-10,19H,5,11-18H2,1-4H3,(H,23,24);1H. The number of guanidine groups is 1. The van der Waals surface area contributed by atoms with E-state index in [-0.39, 0.29) is 29.7 Å². The molecule has 0 aromatic heterocycles. The van der Waals surface area contributed by atoms with Crippen molar-refractivity contribution in [2.45, 2.75) is 38.5 Å². The zero-order valence-corrected chi connectivity index (χ0v) is 22.4. The highest BCUT2D eigenvalue weighted by molar-refractivity contribution is 14.0. The quantitative estimate of drug-likeness (QED) is 0.337. The average Bonchev–Trinajstić information content (AvgIpc) is 2.74. The topological polar surface area (TPSA) is 68.2 Å². The summed E-state index contributed by atoms with van der Waals surface area (Å²) in [6.07, 6.45) is 0. The molecule has 2 heterocycles. The summed E-state index contributed by atoms with van der Waals surface area (Å²) in [7, 11) is -3.06. The molecule has 1 aromatic carbocycles. The molecule has 1 N–H and O–H groups in total. The van der Waals surface area contributed by atoms with Crippen LogP contribution in [0.1, 0.15) is 27.7 Å². The van der Waals surface area contributed by atoms with Crippen molar-refractivity contribution >= 4 is 45.5 Å². The van der Waals surface area contributed by atoms with Gasteiger partial charge in [-0.15, -0.1) is 24.0 Å². The van der Waals surface area contributed by atoms with Crippen molar-refractivity contribution in [1.29, 1.82) is 0 Å². The SMILES string of the molecule is CCNC(=NCC(C)N1CCN(c2ccccc2)CC1)N1CCS(=O)(=O)C(C)(C)C1.I. The molecule has 1 aromatic rings. The number of nitrogens with zero attached hydrogens (tertiary/aromatic N) is 4. The van der Waals surface area contributed by atoms with E-state index in [1.807, 2.05) is 20.8 Å². The molecule has 7 nitrogen and oxygen atoms in total. The summed E-state index contributed by atoms with van der Waals surface area (Å²) in [5.74, 6) is 1.01. The third kappa shape index (κ3) is 6.47. The maximum atomic E-state index is 12.3. The molecule has 9 heteroatoms. The molecule has 3 rings (SSSR count). The molecular formula is C22H38IN5O2S. The zero-order chi connectivity index (χ0) is 21.8. The van der Waals surface area contributed by atoms with Gasteiger partial charge in [0, 0.05) is 57.5 Å². The first-order valence-corrected chi connectivity index (χ1v) is 12.7. The molecule has 0 aliphatic carbocycles. The molecule has 176 valence electrons. The van der Waals surface area contributed by atoms with Crippen molar-refractivity contribution in [2.75, 3.05) is 63.0 Å². The summed E-state index contributed by atoms with van der Waals surface area (Å²) in [4.78, 5) is 11.9. The summed E-state index contributed by atoms with van der Waals surface area (Å²) in [5.41, 5.74) is 1.29. The molecule has 0 radical (unpaired) electrons. The molecule has 2 aliphatic rings. The van der Waals surface area contributed by atoms with E-state index in [1.54, 1.807) is 0 Å². The predicted octanol–water partition coefficient (Wildman–Crippen LogP) is 2.29. The summed E-state index contributed by atoms with van der Waals surface area (Å²) >= 11 is 0. The predicted molar refractivity (Wildman–Crippen MR) is 141 cm³/mol. The highest BCUT2D eigenvalue weighted by Gasteiger charge is 2.41. The number of para-hydroxylation sites is 1. The van der Waals surface area contributed by atoms with Crippen molar-refractivity contribution in [2.24, 2.45) is 4.99 Å². The Morgan fingerprint density at radius 1 is 1.13 bits per heavy atom. The molecule has 0 bridgehead atoms.